The van der Waals surface area contributed by atoms with Gasteiger partial charge >= 0.3 is 0 Å². The van der Waals surface area contributed by atoms with Crippen LogP contribution in [0, 0.1) is 0 Å². The van der Waals surface area contributed by atoms with Gasteiger partial charge in [0.1, 0.15) is 5.75 Å². The molecule has 0 aliphatic carbocycles. The molecule has 0 heterocycles. The van der Waals surface area contributed by atoms with E-state index in [4.69, 9.17) is 0 Å². The summed E-state index contributed by atoms with van der Waals surface area (Å²) in [5, 5.41) is 9.88. The fourth-order valence-corrected chi connectivity index (χ4v) is 1.96. The molecule has 0 saturated heterocycles. The van der Waals surface area contributed by atoms with Crippen LogP contribution < -0.4 is 0 Å². The molecule has 1 aromatic rings. The smallest absolute Gasteiger partial charge is 0.159 e. The Balaban J connectivity index is 2.93. The predicted octanol–water partition coefficient (Wildman–Crippen LogP) is 3.22. The zero-order valence-corrected chi connectivity index (χ0v) is 11.7. The first kappa shape index (κ1) is 14.7. The van der Waals surface area contributed by atoms with Crippen molar-refractivity contribution in [2.24, 2.45) is 0 Å². The Morgan fingerprint density at radius 2 is 2.06 bits per heavy atom. The standard InChI is InChI=1S/C15H23NO2/c1-5-8-16(11(2)3)10-14-9-13(12(4)17)6-7-15(14)18/h6-7,9,11,18H,5,8,10H2,1-4H3. The van der Waals surface area contributed by atoms with E-state index in [-0.39, 0.29) is 11.5 Å². The summed E-state index contributed by atoms with van der Waals surface area (Å²) in [6.07, 6.45) is 1.07. The second kappa shape index (κ2) is 6.55. The van der Waals surface area contributed by atoms with Gasteiger partial charge in [0.2, 0.25) is 0 Å². The van der Waals surface area contributed by atoms with Crippen LogP contribution in [0.5, 0.6) is 5.75 Å². The van der Waals surface area contributed by atoms with E-state index < -0.39 is 0 Å². The molecule has 0 fully saturated rings. The molecule has 0 aromatic heterocycles. The molecule has 1 rings (SSSR count). The fourth-order valence-electron chi connectivity index (χ4n) is 1.96. The summed E-state index contributed by atoms with van der Waals surface area (Å²) in [5.74, 6) is 0.296. The van der Waals surface area contributed by atoms with E-state index in [0.29, 0.717) is 18.2 Å². The van der Waals surface area contributed by atoms with Gasteiger partial charge in [-0.15, -0.1) is 0 Å². The molecule has 0 aliphatic rings. The predicted molar refractivity (Wildman–Crippen MR) is 73.9 cm³/mol. The van der Waals surface area contributed by atoms with Gasteiger partial charge in [-0.3, -0.25) is 9.69 Å². The summed E-state index contributed by atoms with van der Waals surface area (Å²) < 4.78 is 0. The lowest BCUT2D eigenvalue weighted by molar-refractivity contribution is 0.101. The minimum Gasteiger partial charge on any atom is -0.508 e. The van der Waals surface area contributed by atoms with Crippen LogP contribution in [-0.4, -0.2) is 28.4 Å². The molecule has 0 aliphatic heterocycles. The molecule has 3 nitrogen and oxygen atoms in total. The largest absolute Gasteiger partial charge is 0.508 e. The first-order valence-corrected chi connectivity index (χ1v) is 6.52. The number of hydrogen-bond donors (Lipinski definition) is 1. The quantitative estimate of drug-likeness (QED) is 0.787. The summed E-state index contributed by atoms with van der Waals surface area (Å²) in [6, 6.07) is 5.49. The molecule has 100 valence electrons. The number of benzene rings is 1. The maximum absolute atomic E-state index is 11.4. The molecule has 0 amide bonds. The lowest BCUT2D eigenvalue weighted by Crippen LogP contribution is -2.31. The van der Waals surface area contributed by atoms with Gasteiger partial charge in [-0.25, -0.2) is 0 Å². The highest BCUT2D eigenvalue weighted by atomic mass is 16.3. The van der Waals surface area contributed by atoms with E-state index >= 15 is 0 Å². The number of ketones is 1. The molecule has 0 radical (unpaired) electrons. The first-order valence-electron chi connectivity index (χ1n) is 6.52. The highest BCUT2D eigenvalue weighted by Crippen LogP contribution is 2.21. The SMILES string of the molecule is CCCN(Cc1cc(C(C)=O)ccc1O)C(C)C. The van der Waals surface area contributed by atoms with Gasteiger partial charge in [-0.2, -0.15) is 0 Å². The molecular weight excluding hydrogens is 226 g/mol. The van der Waals surface area contributed by atoms with Crippen molar-refractivity contribution in [2.75, 3.05) is 6.54 Å². The normalized spacial score (nSPS) is 11.2. The van der Waals surface area contributed by atoms with Crippen molar-refractivity contribution in [2.45, 2.75) is 46.7 Å². The van der Waals surface area contributed by atoms with Gasteiger partial charge in [0, 0.05) is 23.7 Å². The maximum Gasteiger partial charge on any atom is 0.159 e. The van der Waals surface area contributed by atoms with Gasteiger partial charge in [-0.1, -0.05) is 6.92 Å². The number of aromatic hydroxyl groups is 1. The van der Waals surface area contributed by atoms with E-state index in [1.165, 1.54) is 0 Å². The van der Waals surface area contributed by atoms with Gasteiger partial charge in [-0.05, 0) is 51.9 Å². The van der Waals surface area contributed by atoms with Gasteiger partial charge in [0.05, 0.1) is 0 Å². The molecule has 1 aromatic carbocycles. The van der Waals surface area contributed by atoms with Crippen LogP contribution in [0.15, 0.2) is 18.2 Å². The lowest BCUT2D eigenvalue weighted by Gasteiger charge is -2.26. The summed E-state index contributed by atoms with van der Waals surface area (Å²) in [4.78, 5) is 13.6. The van der Waals surface area contributed by atoms with Crippen LogP contribution in [-0.2, 0) is 6.54 Å². The maximum atomic E-state index is 11.4. The summed E-state index contributed by atoms with van der Waals surface area (Å²) >= 11 is 0. The third-order valence-corrected chi connectivity index (χ3v) is 3.10. The number of rotatable bonds is 6. The summed E-state index contributed by atoms with van der Waals surface area (Å²) in [7, 11) is 0. The average molecular weight is 249 g/mol. The minimum atomic E-state index is 0.0304. The van der Waals surface area contributed by atoms with Crippen LogP contribution in [0.25, 0.3) is 0 Å². The van der Waals surface area contributed by atoms with Crippen molar-refractivity contribution in [3.63, 3.8) is 0 Å². The van der Waals surface area contributed by atoms with Crippen LogP contribution in [0.4, 0.5) is 0 Å². The average Bonchev–Trinajstić information content (AvgIpc) is 2.30. The summed E-state index contributed by atoms with van der Waals surface area (Å²) in [5.41, 5.74) is 1.48. The van der Waals surface area contributed by atoms with E-state index in [0.717, 1.165) is 18.5 Å². The Hall–Kier alpha value is -1.35. The lowest BCUT2D eigenvalue weighted by atomic mass is 10.1. The Morgan fingerprint density at radius 3 is 2.56 bits per heavy atom. The van der Waals surface area contributed by atoms with Gasteiger partial charge in [0.15, 0.2) is 5.78 Å². The van der Waals surface area contributed by atoms with Crippen molar-refractivity contribution >= 4 is 5.78 Å². The molecular formula is C15H23NO2. The summed E-state index contributed by atoms with van der Waals surface area (Å²) in [6.45, 7) is 9.63. The number of phenolic OH excluding ortho intramolecular Hbond substituents is 1. The fraction of sp³-hybridized carbons (Fsp3) is 0.533. The molecule has 0 unspecified atom stereocenters. The van der Waals surface area contributed by atoms with E-state index in [2.05, 4.69) is 25.7 Å². The van der Waals surface area contributed by atoms with E-state index in [9.17, 15) is 9.90 Å². The molecule has 1 N–H and O–H groups in total. The Kier molecular flexibility index (Phi) is 5.35. The Morgan fingerprint density at radius 1 is 1.39 bits per heavy atom. The molecule has 0 bridgehead atoms. The number of Topliss-reactive ketones (excluding diaryl/α,β-unsaturated/α-hetero) is 1. The Bertz CT molecular complexity index is 413. The van der Waals surface area contributed by atoms with Crippen molar-refractivity contribution in [3.05, 3.63) is 29.3 Å². The highest BCUT2D eigenvalue weighted by Gasteiger charge is 2.13. The van der Waals surface area contributed by atoms with Crippen molar-refractivity contribution in [1.29, 1.82) is 0 Å². The number of carbonyl (C=O) groups excluding carboxylic acids is 1. The zero-order valence-electron chi connectivity index (χ0n) is 11.7. The second-order valence-corrected chi connectivity index (χ2v) is 4.96. The van der Waals surface area contributed by atoms with Crippen LogP contribution >= 0.6 is 0 Å². The number of phenols is 1. The van der Waals surface area contributed by atoms with Crippen molar-refractivity contribution in [1.82, 2.24) is 4.90 Å². The molecule has 0 saturated carbocycles. The van der Waals surface area contributed by atoms with Gasteiger partial charge < -0.3 is 5.11 Å². The first-order chi connectivity index (χ1) is 8.45. The molecule has 0 atom stereocenters. The van der Waals surface area contributed by atoms with Crippen LogP contribution in [0.1, 0.15) is 50.0 Å². The minimum absolute atomic E-state index is 0.0304. The number of carbonyl (C=O) groups is 1. The Labute approximate surface area is 109 Å². The van der Waals surface area contributed by atoms with E-state index in [1.54, 1.807) is 25.1 Å². The van der Waals surface area contributed by atoms with Crippen LogP contribution in [0.3, 0.4) is 0 Å². The van der Waals surface area contributed by atoms with Crippen molar-refractivity contribution < 1.29 is 9.90 Å². The third-order valence-electron chi connectivity index (χ3n) is 3.10. The van der Waals surface area contributed by atoms with E-state index in [1.807, 2.05) is 0 Å². The topological polar surface area (TPSA) is 40.5 Å². The van der Waals surface area contributed by atoms with Crippen LogP contribution in [0.2, 0.25) is 0 Å². The zero-order chi connectivity index (χ0) is 13.7. The van der Waals surface area contributed by atoms with Gasteiger partial charge in [0.25, 0.3) is 0 Å². The third kappa shape index (κ3) is 3.84. The second-order valence-electron chi connectivity index (χ2n) is 4.96. The molecule has 18 heavy (non-hydrogen) atoms. The van der Waals surface area contributed by atoms with Crippen molar-refractivity contribution in [3.8, 4) is 5.75 Å². The highest BCUT2D eigenvalue weighted by molar-refractivity contribution is 5.94. The monoisotopic (exact) mass is 249 g/mol. The number of hydrogen-bond acceptors (Lipinski definition) is 3. The molecule has 3 heteroatoms. The number of nitrogens with zero attached hydrogens (tertiary/aromatic N) is 1. The molecule has 0 spiro atoms.